The van der Waals surface area contributed by atoms with Gasteiger partial charge in [-0.1, -0.05) is 12.2 Å². The highest BCUT2D eigenvalue weighted by molar-refractivity contribution is 5.85. The zero-order valence-corrected chi connectivity index (χ0v) is 8.97. The van der Waals surface area contributed by atoms with Crippen LogP contribution in [0.15, 0.2) is 12.2 Å². The first-order valence-electron chi connectivity index (χ1n) is 5.40. The van der Waals surface area contributed by atoms with Gasteiger partial charge in [0, 0.05) is 6.54 Å². The molecule has 3 aliphatic rings. The summed E-state index contributed by atoms with van der Waals surface area (Å²) in [7, 11) is 0. The number of ether oxygens (including phenoxy) is 2. The van der Waals surface area contributed by atoms with Gasteiger partial charge in [-0.25, -0.2) is 0 Å². The van der Waals surface area contributed by atoms with Gasteiger partial charge in [-0.15, -0.1) is 0 Å². The summed E-state index contributed by atoms with van der Waals surface area (Å²) in [6.07, 6.45) is 4.56. The molecule has 3 aliphatic heterocycles. The fourth-order valence-corrected chi connectivity index (χ4v) is 2.68. The normalized spacial score (nSPS) is 41.9. The lowest BCUT2D eigenvalue weighted by molar-refractivity contribution is -0.172. The van der Waals surface area contributed by atoms with Crippen molar-refractivity contribution in [1.29, 1.82) is 0 Å². The molecule has 3 heterocycles. The van der Waals surface area contributed by atoms with Gasteiger partial charge >= 0.3 is 0 Å². The predicted octanol–water partition coefficient (Wildman–Crippen LogP) is 0.677. The van der Waals surface area contributed by atoms with Crippen LogP contribution in [-0.2, 0) is 14.3 Å². The first kappa shape index (κ1) is 9.36. The van der Waals surface area contributed by atoms with E-state index in [2.05, 4.69) is 6.08 Å². The van der Waals surface area contributed by atoms with Crippen molar-refractivity contribution in [3.05, 3.63) is 12.2 Å². The summed E-state index contributed by atoms with van der Waals surface area (Å²) in [5.41, 5.74) is 0. The quantitative estimate of drug-likeness (QED) is 0.551. The Kier molecular flexibility index (Phi) is 1.77. The SMILES string of the molecule is CC1(C)O[C@@H]2[C@H](O1)C(=O)N1CC=CC[C@@H]21. The van der Waals surface area contributed by atoms with Crippen LogP contribution in [0.25, 0.3) is 0 Å². The lowest BCUT2D eigenvalue weighted by atomic mass is 10.1. The standard InChI is InChI=1S/C11H15NO3/c1-11(2)14-8-7-5-3-4-6-12(7)10(13)9(8)15-11/h3-4,7-9H,5-6H2,1-2H3/t7-,8-,9-/m0/s1. The minimum atomic E-state index is -0.613. The van der Waals surface area contributed by atoms with Gasteiger partial charge in [0.1, 0.15) is 6.10 Å². The summed E-state index contributed by atoms with van der Waals surface area (Å²) in [4.78, 5) is 13.9. The average molecular weight is 209 g/mol. The van der Waals surface area contributed by atoms with Crippen molar-refractivity contribution < 1.29 is 14.3 Å². The van der Waals surface area contributed by atoms with Crippen molar-refractivity contribution in [2.24, 2.45) is 0 Å². The van der Waals surface area contributed by atoms with E-state index >= 15 is 0 Å². The van der Waals surface area contributed by atoms with Gasteiger partial charge in [-0.05, 0) is 20.3 Å². The van der Waals surface area contributed by atoms with Gasteiger partial charge in [-0.2, -0.15) is 0 Å². The molecule has 82 valence electrons. The smallest absolute Gasteiger partial charge is 0.255 e. The van der Waals surface area contributed by atoms with Crippen LogP contribution in [0.1, 0.15) is 20.3 Å². The molecule has 2 fully saturated rings. The first-order chi connectivity index (χ1) is 7.08. The number of carbonyl (C=O) groups is 1. The Hall–Kier alpha value is -0.870. The number of fused-ring (bicyclic) bond motifs is 3. The number of carbonyl (C=O) groups excluding carboxylic acids is 1. The van der Waals surface area contributed by atoms with Gasteiger partial charge in [0.25, 0.3) is 5.91 Å². The lowest BCUT2D eigenvalue weighted by Crippen LogP contribution is -2.41. The maximum absolute atomic E-state index is 12.0. The van der Waals surface area contributed by atoms with Crippen LogP contribution in [0.5, 0.6) is 0 Å². The summed E-state index contributed by atoms with van der Waals surface area (Å²) in [5.74, 6) is -0.530. The topological polar surface area (TPSA) is 38.8 Å². The van der Waals surface area contributed by atoms with Gasteiger partial charge < -0.3 is 14.4 Å². The van der Waals surface area contributed by atoms with Crippen LogP contribution in [-0.4, -0.2) is 41.4 Å². The molecule has 2 saturated heterocycles. The fourth-order valence-electron chi connectivity index (χ4n) is 2.68. The molecule has 0 radical (unpaired) electrons. The number of hydrogen-bond donors (Lipinski definition) is 0. The van der Waals surface area contributed by atoms with E-state index in [1.807, 2.05) is 24.8 Å². The maximum atomic E-state index is 12.0. The Labute approximate surface area is 88.8 Å². The molecule has 0 saturated carbocycles. The highest BCUT2D eigenvalue weighted by atomic mass is 16.8. The van der Waals surface area contributed by atoms with Crippen molar-refractivity contribution in [3.8, 4) is 0 Å². The molecule has 4 nitrogen and oxygen atoms in total. The molecular weight excluding hydrogens is 194 g/mol. The predicted molar refractivity (Wildman–Crippen MR) is 53.1 cm³/mol. The monoisotopic (exact) mass is 209 g/mol. The second-order valence-corrected chi connectivity index (χ2v) is 4.79. The lowest BCUT2D eigenvalue weighted by Gasteiger charge is -2.30. The molecule has 0 bridgehead atoms. The Morgan fingerprint density at radius 3 is 3.00 bits per heavy atom. The van der Waals surface area contributed by atoms with Gasteiger partial charge in [0.2, 0.25) is 0 Å². The number of amides is 1. The Morgan fingerprint density at radius 1 is 1.40 bits per heavy atom. The largest absolute Gasteiger partial charge is 0.342 e. The molecule has 0 N–H and O–H groups in total. The van der Waals surface area contributed by atoms with Crippen molar-refractivity contribution in [1.82, 2.24) is 4.90 Å². The molecule has 3 atom stereocenters. The van der Waals surface area contributed by atoms with E-state index in [9.17, 15) is 4.79 Å². The summed E-state index contributed by atoms with van der Waals surface area (Å²) < 4.78 is 11.4. The van der Waals surface area contributed by atoms with Crippen LogP contribution in [0.2, 0.25) is 0 Å². The van der Waals surface area contributed by atoms with E-state index < -0.39 is 5.79 Å². The third-order valence-corrected chi connectivity index (χ3v) is 3.28. The van der Waals surface area contributed by atoms with Gasteiger partial charge in [0.05, 0.1) is 6.04 Å². The summed E-state index contributed by atoms with van der Waals surface area (Å²) >= 11 is 0. The van der Waals surface area contributed by atoms with E-state index in [-0.39, 0.29) is 24.2 Å². The Balaban J connectivity index is 1.91. The van der Waals surface area contributed by atoms with E-state index in [0.29, 0.717) is 6.54 Å². The molecule has 4 heteroatoms. The van der Waals surface area contributed by atoms with Crippen molar-refractivity contribution in [3.63, 3.8) is 0 Å². The molecule has 0 aromatic heterocycles. The first-order valence-corrected chi connectivity index (χ1v) is 5.40. The fraction of sp³-hybridized carbons (Fsp3) is 0.727. The second-order valence-electron chi connectivity index (χ2n) is 4.79. The van der Waals surface area contributed by atoms with E-state index in [4.69, 9.17) is 9.47 Å². The van der Waals surface area contributed by atoms with E-state index in [1.165, 1.54) is 0 Å². The molecule has 0 unspecified atom stereocenters. The number of hydrogen-bond acceptors (Lipinski definition) is 3. The van der Waals surface area contributed by atoms with Gasteiger partial charge in [0.15, 0.2) is 11.9 Å². The maximum Gasteiger partial charge on any atom is 0.255 e. The van der Waals surface area contributed by atoms with Crippen LogP contribution >= 0.6 is 0 Å². The van der Waals surface area contributed by atoms with Crippen LogP contribution in [0.3, 0.4) is 0 Å². The molecule has 0 aliphatic carbocycles. The van der Waals surface area contributed by atoms with E-state index in [1.54, 1.807) is 0 Å². The minimum absolute atomic E-state index is 0.0833. The Bertz CT molecular complexity index is 337. The van der Waals surface area contributed by atoms with E-state index in [0.717, 1.165) is 6.42 Å². The molecule has 0 aromatic rings. The van der Waals surface area contributed by atoms with Crippen LogP contribution < -0.4 is 0 Å². The summed E-state index contributed by atoms with van der Waals surface area (Å²) in [6.45, 7) is 4.42. The van der Waals surface area contributed by atoms with Crippen molar-refractivity contribution in [2.45, 2.75) is 44.3 Å². The van der Waals surface area contributed by atoms with Crippen LogP contribution in [0, 0.1) is 0 Å². The molecule has 1 amide bonds. The number of nitrogens with zero attached hydrogens (tertiary/aromatic N) is 1. The number of rotatable bonds is 0. The average Bonchev–Trinajstić information content (AvgIpc) is 2.63. The van der Waals surface area contributed by atoms with Crippen LogP contribution in [0.4, 0.5) is 0 Å². The third kappa shape index (κ3) is 1.25. The summed E-state index contributed by atoms with van der Waals surface area (Å²) in [6, 6.07) is 0.175. The molecule has 0 spiro atoms. The highest BCUT2D eigenvalue weighted by Crippen LogP contribution is 2.39. The molecule has 0 aromatic carbocycles. The van der Waals surface area contributed by atoms with Crippen molar-refractivity contribution in [2.75, 3.05) is 6.54 Å². The minimum Gasteiger partial charge on any atom is -0.342 e. The Morgan fingerprint density at radius 2 is 2.20 bits per heavy atom. The molecular formula is C11H15NO3. The summed E-state index contributed by atoms with van der Waals surface area (Å²) in [5, 5.41) is 0. The zero-order chi connectivity index (χ0) is 10.6. The molecule has 3 rings (SSSR count). The second kappa shape index (κ2) is 2.83. The highest BCUT2D eigenvalue weighted by Gasteiger charge is 2.57. The molecule has 15 heavy (non-hydrogen) atoms. The third-order valence-electron chi connectivity index (χ3n) is 3.28. The van der Waals surface area contributed by atoms with Crippen molar-refractivity contribution >= 4 is 5.91 Å². The van der Waals surface area contributed by atoms with Gasteiger partial charge in [-0.3, -0.25) is 4.79 Å². The zero-order valence-electron chi connectivity index (χ0n) is 8.97.